The molecule has 0 spiro atoms. The molecule has 0 aliphatic rings. The summed E-state index contributed by atoms with van der Waals surface area (Å²) in [6, 6.07) is 8.82. The number of methoxy groups -OCH3 is 1. The van der Waals surface area contributed by atoms with E-state index in [2.05, 4.69) is 15.9 Å². The summed E-state index contributed by atoms with van der Waals surface area (Å²) in [5.41, 5.74) is 0.490. The van der Waals surface area contributed by atoms with Gasteiger partial charge in [0.2, 0.25) is 5.78 Å². The van der Waals surface area contributed by atoms with Crippen LogP contribution in [-0.4, -0.2) is 12.9 Å². The zero-order valence-corrected chi connectivity index (χ0v) is 11.8. The van der Waals surface area contributed by atoms with E-state index in [9.17, 15) is 4.79 Å². The van der Waals surface area contributed by atoms with Crippen LogP contribution < -0.4 is 4.74 Å². The fourth-order valence-corrected chi connectivity index (χ4v) is 2.04. The molecule has 94 valence electrons. The molecule has 18 heavy (non-hydrogen) atoms. The first-order valence-corrected chi connectivity index (χ1v) is 6.42. The third-order valence-electron chi connectivity index (χ3n) is 2.64. The molecule has 0 saturated carbocycles. The van der Waals surface area contributed by atoms with Crippen LogP contribution in [0, 0.1) is 0 Å². The summed E-state index contributed by atoms with van der Waals surface area (Å²) < 4.78 is 11.5. The average Bonchev–Trinajstić information content (AvgIpc) is 2.86. The molecule has 0 unspecified atom stereocenters. The Morgan fingerprint density at radius 2 is 2.11 bits per heavy atom. The van der Waals surface area contributed by atoms with Crippen LogP contribution in [0.4, 0.5) is 0 Å². The topological polar surface area (TPSA) is 39.4 Å². The van der Waals surface area contributed by atoms with Gasteiger partial charge in [-0.3, -0.25) is 4.79 Å². The lowest BCUT2D eigenvalue weighted by molar-refractivity contribution is 0.100. The van der Waals surface area contributed by atoms with Crippen LogP contribution in [0.25, 0.3) is 0 Å². The van der Waals surface area contributed by atoms with Crippen molar-refractivity contribution in [2.24, 2.45) is 0 Å². The SMILES string of the molecule is CCc1ccc(C(=O)c2cc(Br)ccc2OC)o1. The van der Waals surface area contributed by atoms with Crippen molar-refractivity contribution in [3.8, 4) is 5.75 Å². The number of carbonyl (C=O) groups is 1. The molecule has 3 nitrogen and oxygen atoms in total. The van der Waals surface area contributed by atoms with Crippen LogP contribution in [0.2, 0.25) is 0 Å². The molecule has 0 saturated heterocycles. The highest BCUT2D eigenvalue weighted by molar-refractivity contribution is 9.10. The molecule has 0 aliphatic carbocycles. The van der Waals surface area contributed by atoms with Gasteiger partial charge in [0.1, 0.15) is 11.5 Å². The zero-order chi connectivity index (χ0) is 13.1. The number of furan rings is 1. The number of ketones is 1. The Kier molecular flexibility index (Phi) is 3.87. The van der Waals surface area contributed by atoms with E-state index in [1.165, 1.54) is 0 Å². The fraction of sp³-hybridized carbons (Fsp3) is 0.214. The number of hydrogen-bond acceptors (Lipinski definition) is 3. The molecule has 0 aliphatic heterocycles. The van der Waals surface area contributed by atoms with Crippen molar-refractivity contribution in [3.05, 3.63) is 51.9 Å². The number of rotatable bonds is 4. The lowest BCUT2D eigenvalue weighted by atomic mass is 10.1. The summed E-state index contributed by atoms with van der Waals surface area (Å²) in [4.78, 5) is 12.3. The van der Waals surface area contributed by atoms with Crippen LogP contribution in [0.3, 0.4) is 0 Å². The van der Waals surface area contributed by atoms with E-state index in [-0.39, 0.29) is 5.78 Å². The van der Waals surface area contributed by atoms with Gasteiger partial charge in [0.15, 0.2) is 5.76 Å². The van der Waals surface area contributed by atoms with Crippen molar-refractivity contribution in [1.82, 2.24) is 0 Å². The molecule has 0 atom stereocenters. The maximum Gasteiger partial charge on any atom is 0.231 e. The smallest absolute Gasteiger partial charge is 0.231 e. The molecule has 1 aromatic heterocycles. The van der Waals surface area contributed by atoms with Crippen LogP contribution >= 0.6 is 15.9 Å². The molecule has 0 fully saturated rings. The Labute approximate surface area is 114 Å². The predicted molar refractivity (Wildman–Crippen MR) is 72.2 cm³/mol. The first-order chi connectivity index (χ1) is 8.65. The summed E-state index contributed by atoms with van der Waals surface area (Å²) in [6.07, 6.45) is 0.767. The van der Waals surface area contributed by atoms with Crippen molar-refractivity contribution in [3.63, 3.8) is 0 Å². The Bertz CT molecular complexity index is 572. The van der Waals surface area contributed by atoms with Gasteiger partial charge in [0.25, 0.3) is 0 Å². The van der Waals surface area contributed by atoms with Crippen LogP contribution in [0.15, 0.2) is 39.2 Å². The first kappa shape index (κ1) is 12.9. The third-order valence-corrected chi connectivity index (χ3v) is 3.13. The molecule has 0 N–H and O–H groups in total. The molecule has 0 amide bonds. The van der Waals surface area contributed by atoms with Gasteiger partial charge in [-0.1, -0.05) is 22.9 Å². The lowest BCUT2D eigenvalue weighted by Crippen LogP contribution is -2.02. The minimum Gasteiger partial charge on any atom is -0.496 e. The van der Waals surface area contributed by atoms with E-state index >= 15 is 0 Å². The summed E-state index contributed by atoms with van der Waals surface area (Å²) >= 11 is 3.35. The second kappa shape index (κ2) is 5.40. The largest absolute Gasteiger partial charge is 0.496 e. The normalized spacial score (nSPS) is 10.4. The molecule has 1 heterocycles. The van der Waals surface area contributed by atoms with E-state index < -0.39 is 0 Å². The summed E-state index contributed by atoms with van der Waals surface area (Å²) in [5, 5.41) is 0. The average molecular weight is 309 g/mol. The molecule has 2 aromatic rings. The number of benzene rings is 1. The van der Waals surface area contributed by atoms with E-state index in [0.717, 1.165) is 16.7 Å². The maximum atomic E-state index is 12.3. The highest BCUT2D eigenvalue weighted by atomic mass is 79.9. The molecular weight excluding hydrogens is 296 g/mol. The molecular formula is C14H13BrO3. The second-order valence-electron chi connectivity index (χ2n) is 3.79. The third kappa shape index (κ3) is 2.48. The standard InChI is InChI=1S/C14H13BrO3/c1-3-10-5-7-13(18-10)14(16)11-8-9(15)4-6-12(11)17-2/h4-8H,3H2,1-2H3. The van der Waals surface area contributed by atoms with Gasteiger partial charge in [0, 0.05) is 10.9 Å². The van der Waals surface area contributed by atoms with Crippen molar-refractivity contribution in [2.75, 3.05) is 7.11 Å². The molecule has 1 aromatic carbocycles. The van der Waals surface area contributed by atoms with Crippen molar-refractivity contribution in [2.45, 2.75) is 13.3 Å². The van der Waals surface area contributed by atoms with E-state index in [4.69, 9.17) is 9.15 Å². The van der Waals surface area contributed by atoms with Gasteiger partial charge >= 0.3 is 0 Å². The Balaban J connectivity index is 2.41. The van der Waals surface area contributed by atoms with Crippen LogP contribution in [-0.2, 0) is 6.42 Å². The van der Waals surface area contributed by atoms with E-state index in [1.54, 1.807) is 25.3 Å². The minimum absolute atomic E-state index is 0.173. The summed E-state index contributed by atoms with van der Waals surface area (Å²) in [6.45, 7) is 1.98. The van der Waals surface area contributed by atoms with Crippen LogP contribution in [0.5, 0.6) is 5.75 Å². The monoisotopic (exact) mass is 308 g/mol. The second-order valence-corrected chi connectivity index (χ2v) is 4.71. The minimum atomic E-state index is -0.173. The summed E-state index contributed by atoms with van der Waals surface area (Å²) in [7, 11) is 1.54. The molecule has 2 rings (SSSR count). The number of hydrogen-bond donors (Lipinski definition) is 0. The van der Waals surface area contributed by atoms with Gasteiger partial charge in [-0.2, -0.15) is 0 Å². The predicted octanol–water partition coefficient (Wildman–Crippen LogP) is 3.84. The quantitative estimate of drug-likeness (QED) is 0.806. The van der Waals surface area contributed by atoms with Crippen molar-refractivity contribution < 1.29 is 13.9 Å². The van der Waals surface area contributed by atoms with Gasteiger partial charge in [0.05, 0.1) is 12.7 Å². The maximum absolute atomic E-state index is 12.3. The molecule has 4 heteroatoms. The van der Waals surface area contributed by atoms with Gasteiger partial charge in [-0.25, -0.2) is 0 Å². The fourth-order valence-electron chi connectivity index (χ4n) is 1.68. The highest BCUT2D eigenvalue weighted by Crippen LogP contribution is 2.26. The Hall–Kier alpha value is -1.55. The highest BCUT2D eigenvalue weighted by Gasteiger charge is 2.18. The number of carbonyl (C=O) groups excluding carboxylic acids is 1. The molecule has 0 bridgehead atoms. The molecule has 0 radical (unpaired) electrons. The first-order valence-electron chi connectivity index (χ1n) is 5.62. The van der Waals surface area contributed by atoms with Gasteiger partial charge < -0.3 is 9.15 Å². The number of halogens is 1. The summed E-state index contributed by atoms with van der Waals surface area (Å²) in [5.74, 6) is 1.50. The lowest BCUT2D eigenvalue weighted by Gasteiger charge is -2.06. The van der Waals surface area contributed by atoms with Gasteiger partial charge in [-0.15, -0.1) is 0 Å². The van der Waals surface area contributed by atoms with Gasteiger partial charge in [-0.05, 0) is 30.3 Å². The van der Waals surface area contributed by atoms with E-state index in [0.29, 0.717) is 17.1 Å². The Morgan fingerprint density at radius 1 is 1.33 bits per heavy atom. The number of ether oxygens (including phenoxy) is 1. The van der Waals surface area contributed by atoms with Crippen molar-refractivity contribution in [1.29, 1.82) is 0 Å². The Morgan fingerprint density at radius 3 is 2.72 bits per heavy atom. The van der Waals surface area contributed by atoms with Crippen molar-refractivity contribution >= 4 is 21.7 Å². The number of aryl methyl sites for hydroxylation is 1. The van der Waals surface area contributed by atoms with Crippen LogP contribution in [0.1, 0.15) is 28.8 Å². The zero-order valence-electron chi connectivity index (χ0n) is 10.2. The van der Waals surface area contributed by atoms with E-state index in [1.807, 2.05) is 19.1 Å².